The maximum absolute atomic E-state index is 12.8. The normalized spacial score (nSPS) is 13.0. The summed E-state index contributed by atoms with van der Waals surface area (Å²) in [7, 11) is 0. The van der Waals surface area contributed by atoms with Gasteiger partial charge in [0.15, 0.2) is 6.10 Å². The van der Waals surface area contributed by atoms with Crippen molar-refractivity contribution in [2.24, 2.45) is 0 Å². The minimum absolute atomic E-state index is 0.0978. The lowest BCUT2D eigenvalue weighted by Crippen LogP contribution is -2.30. The molecule has 0 aliphatic heterocycles. The molecule has 0 radical (unpaired) electrons. The van der Waals surface area contributed by atoms with Gasteiger partial charge < -0.3 is 14.2 Å². The number of allylic oxidation sites excluding steroid dienone is 20. The van der Waals surface area contributed by atoms with Crippen LogP contribution in [0, 0.1) is 0 Å². The van der Waals surface area contributed by atoms with Crippen molar-refractivity contribution >= 4 is 17.9 Å². The summed E-state index contributed by atoms with van der Waals surface area (Å²) < 4.78 is 16.8. The minimum atomic E-state index is -0.805. The molecular weight excluding hydrogens is 889 g/mol. The standard InChI is InChI=1S/C66H108O6/c1-4-7-10-13-16-19-22-25-27-28-29-30-31-32-33-34-35-36-37-38-40-41-44-47-50-53-56-59-65(68)71-62-63(61-70-64(67)58-55-52-49-46-43-24-21-18-15-12-9-6-3)72-66(69)60-57-54-51-48-45-42-39-26-23-20-17-14-11-8-5-2/h7-8,10-11,16-17,19-20,25-27,29-30,32-33,35-36,39,45,48,63H,4-6,9,12-15,18,21-24,28,31,34,37-38,40-44,46-47,49-62H2,1-3H3/b10-7-,11-8-,19-16-,20-17-,27-25-,30-29-,33-32-,36-35-,39-26-,48-45-. The van der Waals surface area contributed by atoms with Crippen molar-refractivity contribution in [1.82, 2.24) is 0 Å². The number of unbranched alkanes of at least 4 members (excludes halogenated alkanes) is 21. The van der Waals surface area contributed by atoms with Crippen LogP contribution in [0.25, 0.3) is 0 Å². The molecule has 0 amide bonds. The Morgan fingerprint density at radius 3 is 0.875 bits per heavy atom. The van der Waals surface area contributed by atoms with Crippen molar-refractivity contribution in [3.8, 4) is 0 Å². The van der Waals surface area contributed by atoms with Crippen LogP contribution in [0.1, 0.15) is 258 Å². The average molecular weight is 998 g/mol. The smallest absolute Gasteiger partial charge is 0.306 e. The van der Waals surface area contributed by atoms with Gasteiger partial charge in [-0.3, -0.25) is 14.4 Å². The Morgan fingerprint density at radius 1 is 0.292 bits per heavy atom. The Balaban J connectivity index is 4.35. The summed E-state index contributed by atoms with van der Waals surface area (Å²) in [5, 5.41) is 0. The highest BCUT2D eigenvalue weighted by Crippen LogP contribution is 2.15. The molecule has 0 rings (SSSR count). The molecule has 0 bridgehead atoms. The molecule has 0 spiro atoms. The number of rotatable bonds is 52. The summed E-state index contributed by atoms with van der Waals surface area (Å²) in [4.78, 5) is 38.1. The molecule has 0 aliphatic carbocycles. The number of esters is 3. The van der Waals surface area contributed by atoms with E-state index in [4.69, 9.17) is 14.2 Å². The molecule has 1 unspecified atom stereocenters. The highest BCUT2D eigenvalue weighted by Gasteiger charge is 2.19. The van der Waals surface area contributed by atoms with E-state index in [0.717, 1.165) is 122 Å². The third kappa shape index (κ3) is 56.7. The van der Waals surface area contributed by atoms with Crippen LogP contribution >= 0.6 is 0 Å². The van der Waals surface area contributed by atoms with Crippen LogP contribution in [-0.2, 0) is 28.6 Å². The summed E-state index contributed by atoms with van der Waals surface area (Å²) in [6.07, 6.45) is 82.0. The summed E-state index contributed by atoms with van der Waals surface area (Å²) in [6.45, 7) is 6.37. The summed E-state index contributed by atoms with van der Waals surface area (Å²) in [5.74, 6) is -0.949. The van der Waals surface area contributed by atoms with Crippen molar-refractivity contribution in [2.45, 2.75) is 264 Å². The van der Waals surface area contributed by atoms with Gasteiger partial charge in [0.05, 0.1) is 0 Å². The van der Waals surface area contributed by atoms with Gasteiger partial charge >= 0.3 is 17.9 Å². The van der Waals surface area contributed by atoms with E-state index in [1.165, 1.54) is 89.9 Å². The Hall–Kier alpha value is -4.19. The molecular formula is C66H108O6. The SMILES string of the molecule is CC/C=C\C/C=C\C/C=C\C/C=C\C/C=C\C/C=C\CCCCCCCCCCC(=O)OCC(COC(=O)CCCCCCCCCCCCCC)OC(=O)CCCC/C=C\C/C=C\C/C=C\C/C=C\CC. The van der Waals surface area contributed by atoms with Gasteiger partial charge in [0.2, 0.25) is 0 Å². The topological polar surface area (TPSA) is 78.9 Å². The lowest BCUT2D eigenvalue weighted by atomic mass is 10.0. The second-order valence-corrected chi connectivity index (χ2v) is 19.1. The maximum Gasteiger partial charge on any atom is 0.306 e. The Bertz CT molecular complexity index is 1520. The van der Waals surface area contributed by atoms with Crippen LogP contribution in [0.4, 0.5) is 0 Å². The van der Waals surface area contributed by atoms with Crippen LogP contribution in [-0.4, -0.2) is 37.2 Å². The van der Waals surface area contributed by atoms with E-state index in [0.29, 0.717) is 19.3 Å². The first-order valence-electron chi connectivity index (χ1n) is 29.5. The highest BCUT2D eigenvalue weighted by molar-refractivity contribution is 5.71. The number of carbonyl (C=O) groups excluding carboxylic acids is 3. The van der Waals surface area contributed by atoms with E-state index in [1.807, 2.05) is 0 Å². The quantitative estimate of drug-likeness (QED) is 0.0261. The van der Waals surface area contributed by atoms with Gasteiger partial charge in [0, 0.05) is 19.3 Å². The van der Waals surface area contributed by atoms with E-state index in [-0.39, 0.29) is 37.5 Å². The van der Waals surface area contributed by atoms with Crippen LogP contribution in [0.15, 0.2) is 122 Å². The fourth-order valence-corrected chi connectivity index (χ4v) is 7.85. The molecule has 0 saturated carbocycles. The second-order valence-electron chi connectivity index (χ2n) is 19.1. The fourth-order valence-electron chi connectivity index (χ4n) is 7.85. The predicted molar refractivity (Wildman–Crippen MR) is 311 cm³/mol. The molecule has 0 N–H and O–H groups in total. The van der Waals surface area contributed by atoms with Crippen molar-refractivity contribution < 1.29 is 28.6 Å². The van der Waals surface area contributed by atoms with Crippen molar-refractivity contribution in [1.29, 1.82) is 0 Å². The molecule has 0 aromatic rings. The largest absolute Gasteiger partial charge is 0.462 e. The lowest BCUT2D eigenvalue weighted by Gasteiger charge is -2.18. The Morgan fingerprint density at radius 2 is 0.542 bits per heavy atom. The summed E-state index contributed by atoms with van der Waals surface area (Å²) in [5.41, 5.74) is 0. The van der Waals surface area contributed by atoms with Gasteiger partial charge in [-0.15, -0.1) is 0 Å². The lowest BCUT2D eigenvalue weighted by molar-refractivity contribution is -0.167. The fraction of sp³-hybridized carbons (Fsp3) is 0.652. The Kier molecular flexibility index (Phi) is 55.9. The second kappa shape index (κ2) is 59.4. The van der Waals surface area contributed by atoms with Gasteiger partial charge in [-0.05, 0) is 109 Å². The van der Waals surface area contributed by atoms with E-state index in [9.17, 15) is 14.4 Å². The molecule has 0 heterocycles. The molecule has 72 heavy (non-hydrogen) atoms. The van der Waals surface area contributed by atoms with Gasteiger partial charge in [-0.25, -0.2) is 0 Å². The minimum Gasteiger partial charge on any atom is -0.462 e. The van der Waals surface area contributed by atoms with E-state index >= 15 is 0 Å². The third-order valence-corrected chi connectivity index (χ3v) is 12.2. The number of hydrogen-bond donors (Lipinski definition) is 0. The number of carbonyl (C=O) groups is 3. The van der Waals surface area contributed by atoms with E-state index in [2.05, 4.69) is 142 Å². The Labute approximate surface area is 443 Å². The first-order valence-corrected chi connectivity index (χ1v) is 29.5. The maximum atomic E-state index is 12.8. The van der Waals surface area contributed by atoms with Crippen LogP contribution in [0.3, 0.4) is 0 Å². The molecule has 1 atom stereocenters. The van der Waals surface area contributed by atoms with Crippen LogP contribution in [0.5, 0.6) is 0 Å². The number of hydrogen-bond acceptors (Lipinski definition) is 6. The molecule has 0 aliphatic rings. The van der Waals surface area contributed by atoms with E-state index in [1.54, 1.807) is 0 Å². The van der Waals surface area contributed by atoms with Crippen molar-refractivity contribution in [3.05, 3.63) is 122 Å². The van der Waals surface area contributed by atoms with E-state index < -0.39 is 6.10 Å². The van der Waals surface area contributed by atoms with Crippen molar-refractivity contribution in [2.75, 3.05) is 13.2 Å². The van der Waals surface area contributed by atoms with Crippen LogP contribution < -0.4 is 0 Å². The predicted octanol–water partition coefficient (Wildman–Crippen LogP) is 20.0. The third-order valence-electron chi connectivity index (χ3n) is 12.2. The zero-order chi connectivity index (χ0) is 52.2. The van der Waals surface area contributed by atoms with Gasteiger partial charge in [0.1, 0.15) is 13.2 Å². The molecule has 0 saturated heterocycles. The summed E-state index contributed by atoms with van der Waals surface area (Å²) in [6, 6.07) is 0. The molecule has 408 valence electrons. The van der Waals surface area contributed by atoms with Crippen LogP contribution in [0.2, 0.25) is 0 Å². The monoisotopic (exact) mass is 997 g/mol. The average Bonchev–Trinajstić information content (AvgIpc) is 3.38. The van der Waals surface area contributed by atoms with Gasteiger partial charge in [-0.1, -0.05) is 251 Å². The molecule has 0 aromatic carbocycles. The van der Waals surface area contributed by atoms with Gasteiger partial charge in [-0.2, -0.15) is 0 Å². The molecule has 0 aromatic heterocycles. The number of ether oxygens (including phenoxy) is 3. The van der Waals surface area contributed by atoms with Gasteiger partial charge in [0.25, 0.3) is 0 Å². The van der Waals surface area contributed by atoms with Crippen molar-refractivity contribution in [3.63, 3.8) is 0 Å². The first kappa shape index (κ1) is 67.8. The molecule has 6 heteroatoms. The first-order chi connectivity index (χ1) is 35.5. The highest BCUT2D eigenvalue weighted by atomic mass is 16.6. The zero-order valence-corrected chi connectivity index (χ0v) is 46.7. The summed E-state index contributed by atoms with van der Waals surface area (Å²) >= 11 is 0. The zero-order valence-electron chi connectivity index (χ0n) is 46.7. The molecule has 6 nitrogen and oxygen atoms in total. The molecule has 0 fully saturated rings.